The van der Waals surface area contributed by atoms with Gasteiger partial charge in [0.25, 0.3) is 5.91 Å². The van der Waals surface area contributed by atoms with E-state index in [0.717, 1.165) is 5.56 Å². The lowest BCUT2D eigenvalue weighted by atomic mass is 10.0. The van der Waals surface area contributed by atoms with Crippen molar-refractivity contribution in [3.05, 3.63) is 87.9 Å². The number of hydrogen-bond acceptors (Lipinski definition) is 9. The minimum atomic E-state index is -1.41. The molecule has 2 atom stereocenters. The van der Waals surface area contributed by atoms with Crippen molar-refractivity contribution in [1.29, 1.82) is 0 Å². The first-order chi connectivity index (χ1) is 19.7. The van der Waals surface area contributed by atoms with E-state index in [4.69, 9.17) is 9.47 Å². The molecule has 0 aromatic heterocycles. The van der Waals surface area contributed by atoms with Crippen molar-refractivity contribution in [1.82, 2.24) is 16.1 Å². The number of carbonyl (C=O) groups is 3. The molecular formula is C28H29BrN4O8. The number of carbonyl (C=O) groups excluding carboxylic acids is 3. The van der Waals surface area contributed by atoms with E-state index in [2.05, 4.69) is 37.1 Å². The van der Waals surface area contributed by atoms with Crippen LogP contribution in [-0.2, 0) is 27.4 Å². The first-order valence-corrected chi connectivity index (χ1v) is 13.0. The molecule has 0 saturated heterocycles. The molecule has 0 aliphatic heterocycles. The van der Waals surface area contributed by atoms with Gasteiger partial charge in [0.05, 0.1) is 19.9 Å². The molecule has 6 N–H and O–H groups in total. The van der Waals surface area contributed by atoms with Crippen molar-refractivity contribution >= 4 is 40.1 Å². The summed E-state index contributed by atoms with van der Waals surface area (Å²) in [5.74, 6) is -1.56. The number of aliphatic hydroxyl groups is 1. The number of halogens is 1. The fraction of sp³-hybridized carbons (Fsp3) is 0.214. The number of phenolic OH excluding ortho intramolecular Hbond substituents is 2. The predicted molar refractivity (Wildman–Crippen MR) is 152 cm³/mol. The monoisotopic (exact) mass is 628 g/mol. The summed E-state index contributed by atoms with van der Waals surface area (Å²) in [4.78, 5) is 38.2. The first-order valence-electron chi connectivity index (χ1n) is 12.3. The van der Waals surface area contributed by atoms with Crippen molar-refractivity contribution < 1.29 is 39.2 Å². The molecule has 216 valence electrons. The Morgan fingerprint density at radius 2 is 1.66 bits per heavy atom. The second kappa shape index (κ2) is 15.2. The van der Waals surface area contributed by atoms with E-state index in [9.17, 15) is 29.7 Å². The number of alkyl carbamates (subject to hydrolysis) is 1. The molecular weight excluding hydrogens is 600 g/mol. The standard InChI is InChI=1S/C28H29BrN4O8/c1-40-24-13-20(29)12-19(25(24)36)14-30-33-27(38)22(11-17-7-9-21(35)10-8-17)31-26(37)23(15-34)32-28(39)41-16-18-5-3-2-4-6-18/h2-10,12-14,22-23,34-36H,11,15-16H2,1H3,(H,31,37)(H,32,39)(H,33,38)/b30-14-/t22-,23-/m0/s1. The van der Waals surface area contributed by atoms with Crippen LogP contribution in [0.1, 0.15) is 16.7 Å². The van der Waals surface area contributed by atoms with E-state index >= 15 is 0 Å². The molecule has 0 bridgehead atoms. The zero-order valence-electron chi connectivity index (χ0n) is 21.9. The summed E-state index contributed by atoms with van der Waals surface area (Å²) in [7, 11) is 1.39. The fourth-order valence-corrected chi connectivity index (χ4v) is 4.00. The Hall–Kier alpha value is -4.62. The Labute approximate surface area is 244 Å². The van der Waals surface area contributed by atoms with E-state index in [0.29, 0.717) is 10.0 Å². The van der Waals surface area contributed by atoms with Gasteiger partial charge in [0, 0.05) is 16.5 Å². The van der Waals surface area contributed by atoms with Crippen molar-refractivity contribution in [2.24, 2.45) is 5.10 Å². The number of nitrogens with zero attached hydrogens (tertiary/aromatic N) is 1. The van der Waals surface area contributed by atoms with Crippen LogP contribution in [0.3, 0.4) is 0 Å². The molecule has 0 spiro atoms. The van der Waals surface area contributed by atoms with Crippen LogP contribution in [0, 0.1) is 0 Å². The van der Waals surface area contributed by atoms with Gasteiger partial charge in [0.2, 0.25) is 5.91 Å². The number of rotatable bonds is 12. The lowest BCUT2D eigenvalue weighted by molar-refractivity contribution is -0.130. The zero-order chi connectivity index (χ0) is 29.8. The van der Waals surface area contributed by atoms with Crippen molar-refractivity contribution in [3.8, 4) is 17.2 Å². The highest BCUT2D eigenvalue weighted by Crippen LogP contribution is 2.32. The van der Waals surface area contributed by atoms with Gasteiger partial charge < -0.3 is 35.4 Å². The molecule has 3 amide bonds. The van der Waals surface area contributed by atoms with Crippen molar-refractivity contribution in [3.63, 3.8) is 0 Å². The average Bonchev–Trinajstić information content (AvgIpc) is 2.97. The Morgan fingerprint density at radius 3 is 2.32 bits per heavy atom. The molecule has 0 unspecified atom stereocenters. The Bertz CT molecular complexity index is 1370. The number of benzene rings is 3. The average molecular weight is 629 g/mol. The third-order valence-electron chi connectivity index (χ3n) is 5.68. The van der Waals surface area contributed by atoms with Crippen LogP contribution in [0.5, 0.6) is 17.2 Å². The third kappa shape index (κ3) is 9.51. The number of ether oxygens (including phenoxy) is 2. The largest absolute Gasteiger partial charge is 0.508 e. The highest BCUT2D eigenvalue weighted by Gasteiger charge is 2.27. The summed E-state index contributed by atoms with van der Waals surface area (Å²) >= 11 is 3.30. The predicted octanol–water partition coefficient (Wildman–Crippen LogP) is 2.33. The quantitative estimate of drug-likeness (QED) is 0.131. The molecule has 41 heavy (non-hydrogen) atoms. The van der Waals surface area contributed by atoms with Crippen LogP contribution in [0.4, 0.5) is 4.79 Å². The van der Waals surface area contributed by atoms with E-state index in [1.807, 2.05) is 6.07 Å². The highest BCUT2D eigenvalue weighted by molar-refractivity contribution is 9.10. The van der Waals surface area contributed by atoms with E-state index in [1.165, 1.54) is 25.5 Å². The number of methoxy groups -OCH3 is 1. The molecule has 0 radical (unpaired) electrons. The number of aromatic hydroxyl groups is 2. The first kappa shape index (κ1) is 30.9. The van der Waals surface area contributed by atoms with Gasteiger partial charge in [-0.25, -0.2) is 10.2 Å². The van der Waals surface area contributed by atoms with Crippen LogP contribution in [0.2, 0.25) is 0 Å². The van der Waals surface area contributed by atoms with Gasteiger partial charge >= 0.3 is 6.09 Å². The summed E-state index contributed by atoms with van der Waals surface area (Å²) in [5, 5.41) is 38.3. The maximum Gasteiger partial charge on any atom is 0.408 e. The highest BCUT2D eigenvalue weighted by atomic mass is 79.9. The van der Waals surface area contributed by atoms with Crippen molar-refractivity contribution in [2.45, 2.75) is 25.1 Å². The molecule has 0 aliphatic rings. The number of amides is 3. The molecule has 0 heterocycles. The van der Waals surface area contributed by atoms with Crippen LogP contribution in [0.15, 0.2) is 76.3 Å². The minimum absolute atomic E-state index is 0.0140. The van der Waals surface area contributed by atoms with Crippen LogP contribution in [-0.4, -0.2) is 65.2 Å². The number of hydrogen-bond donors (Lipinski definition) is 6. The maximum atomic E-state index is 13.0. The number of phenols is 2. The topological polar surface area (TPSA) is 179 Å². The third-order valence-corrected chi connectivity index (χ3v) is 6.14. The summed E-state index contributed by atoms with van der Waals surface area (Å²) in [5.41, 5.74) is 3.88. The Kier molecular flexibility index (Phi) is 11.5. The summed E-state index contributed by atoms with van der Waals surface area (Å²) in [6, 6.07) is 15.4. The molecule has 13 heteroatoms. The van der Waals surface area contributed by atoms with Gasteiger partial charge in [-0.2, -0.15) is 5.10 Å². The van der Waals surface area contributed by atoms with E-state index in [1.54, 1.807) is 48.5 Å². The van der Waals surface area contributed by atoms with Crippen LogP contribution < -0.4 is 20.8 Å². The molecule has 3 rings (SSSR count). The van der Waals surface area contributed by atoms with Gasteiger partial charge in [-0.05, 0) is 35.4 Å². The zero-order valence-corrected chi connectivity index (χ0v) is 23.5. The molecule has 3 aromatic rings. The molecule has 3 aromatic carbocycles. The minimum Gasteiger partial charge on any atom is -0.508 e. The fourth-order valence-electron chi connectivity index (χ4n) is 3.54. The van der Waals surface area contributed by atoms with Gasteiger partial charge in [-0.15, -0.1) is 0 Å². The smallest absolute Gasteiger partial charge is 0.408 e. The molecule has 0 fully saturated rings. The number of hydrazone groups is 1. The summed E-state index contributed by atoms with van der Waals surface area (Å²) in [6.45, 7) is -0.808. The van der Waals surface area contributed by atoms with Crippen LogP contribution in [0.25, 0.3) is 0 Å². The van der Waals surface area contributed by atoms with Gasteiger partial charge in [0.15, 0.2) is 11.5 Å². The van der Waals surface area contributed by atoms with Gasteiger partial charge in [-0.1, -0.05) is 58.4 Å². The molecule has 0 aliphatic carbocycles. The number of nitrogens with one attached hydrogen (secondary N) is 3. The SMILES string of the molecule is COc1cc(Br)cc(/C=N\NC(=O)[C@H](Cc2ccc(O)cc2)NC(=O)[C@H](CO)NC(=O)OCc2ccccc2)c1O. The van der Waals surface area contributed by atoms with Gasteiger partial charge in [0.1, 0.15) is 24.4 Å². The molecule has 12 nitrogen and oxygen atoms in total. The second-order valence-electron chi connectivity index (χ2n) is 8.65. The summed E-state index contributed by atoms with van der Waals surface area (Å²) in [6.07, 6.45) is 0.247. The van der Waals surface area contributed by atoms with Gasteiger partial charge in [-0.3, -0.25) is 9.59 Å². The lowest BCUT2D eigenvalue weighted by Gasteiger charge is -2.21. The van der Waals surface area contributed by atoms with E-state index in [-0.39, 0.29) is 35.8 Å². The van der Waals surface area contributed by atoms with Crippen LogP contribution >= 0.6 is 15.9 Å². The second-order valence-corrected chi connectivity index (χ2v) is 9.57. The molecule has 0 saturated carbocycles. The van der Waals surface area contributed by atoms with Crippen molar-refractivity contribution in [2.75, 3.05) is 13.7 Å². The Balaban J connectivity index is 1.69. The normalized spacial score (nSPS) is 12.3. The van der Waals surface area contributed by atoms with E-state index < -0.39 is 36.6 Å². The lowest BCUT2D eigenvalue weighted by Crippen LogP contribution is -2.55. The Morgan fingerprint density at radius 1 is 0.951 bits per heavy atom. The summed E-state index contributed by atoms with van der Waals surface area (Å²) < 4.78 is 10.8. The number of aliphatic hydroxyl groups excluding tert-OH is 1. The maximum absolute atomic E-state index is 13.0.